The molecule has 0 radical (unpaired) electrons. The Labute approximate surface area is 456 Å². The number of unbranched alkanes of at least 4 members (excludes halogenated alkanes) is 41. The maximum absolute atomic E-state index is 12.9. The van der Waals surface area contributed by atoms with Crippen LogP contribution in [0.4, 0.5) is 0 Å². The molecule has 0 spiro atoms. The van der Waals surface area contributed by atoms with E-state index in [1.807, 2.05) is 0 Å². The van der Waals surface area contributed by atoms with Crippen LogP contribution < -0.4 is 0 Å². The summed E-state index contributed by atoms with van der Waals surface area (Å²) in [6.07, 6.45) is 57.3. The minimum Gasteiger partial charge on any atom is -0.462 e. The highest BCUT2D eigenvalue weighted by molar-refractivity contribution is 7.47. The molecule has 0 rings (SSSR count). The third-order valence-corrected chi connectivity index (χ3v) is 15.1. The molecule has 0 aliphatic heterocycles. The first kappa shape index (κ1) is 72.2. The zero-order chi connectivity index (χ0) is 54.1. The van der Waals surface area contributed by atoms with E-state index in [1.165, 1.54) is 212 Å². The topological polar surface area (TPSA) is 155 Å². The van der Waals surface area contributed by atoms with Crippen molar-refractivity contribution in [2.24, 2.45) is 0 Å². The van der Waals surface area contributed by atoms with Crippen LogP contribution in [-0.2, 0) is 42.2 Å². The number of esters is 3. The molecule has 12 heteroatoms. The molecule has 0 saturated carbocycles. The summed E-state index contributed by atoms with van der Waals surface area (Å²) in [6.45, 7) is 4.72. The second-order valence-electron chi connectivity index (χ2n) is 21.6. The van der Waals surface area contributed by atoms with Crippen LogP contribution in [0, 0.1) is 0 Å². The van der Waals surface area contributed by atoms with E-state index in [-0.39, 0.29) is 25.9 Å². The summed E-state index contributed by atoms with van der Waals surface area (Å²) in [4.78, 5) is 48.6. The Morgan fingerprint density at radius 2 is 0.622 bits per heavy atom. The number of phosphoric ester groups is 1. The number of phosphoric acid groups is 1. The predicted octanol–water partition coefficient (Wildman–Crippen LogP) is 18.8. The van der Waals surface area contributed by atoms with Gasteiger partial charge >= 0.3 is 25.7 Å². The van der Waals surface area contributed by atoms with Crippen LogP contribution in [0.25, 0.3) is 0 Å². The fraction of sp³-hybridized carbons (Fsp3) is 0.919. The van der Waals surface area contributed by atoms with Crippen LogP contribution in [0.5, 0.6) is 0 Å². The summed E-state index contributed by atoms with van der Waals surface area (Å²) < 4.78 is 39.6. The number of hydrogen-bond acceptors (Lipinski definition) is 10. The number of aliphatic hydroxyl groups excluding tert-OH is 1. The molecule has 0 aromatic carbocycles. The molecular weight excluding hydrogens is 952 g/mol. The molecule has 11 nitrogen and oxygen atoms in total. The molecule has 3 unspecified atom stereocenters. The van der Waals surface area contributed by atoms with Gasteiger partial charge in [0, 0.05) is 19.3 Å². The van der Waals surface area contributed by atoms with Gasteiger partial charge in [-0.05, 0) is 44.9 Å². The van der Waals surface area contributed by atoms with Gasteiger partial charge in [-0.1, -0.05) is 277 Å². The number of aliphatic hydroxyl groups is 1. The van der Waals surface area contributed by atoms with Crippen LogP contribution in [0.15, 0.2) is 12.2 Å². The van der Waals surface area contributed by atoms with E-state index in [0.717, 1.165) is 57.8 Å². The lowest BCUT2D eigenvalue weighted by Crippen LogP contribution is -2.30. The van der Waals surface area contributed by atoms with Gasteiger partial charge in [-0.2, -0.15) is 0 Å². The molecule has 0 saturated heterocycles. The Hall–Kier alpha value is -1.78. The van der Waals surface area contributed by atoms with E-state index in [4.69, 9.17) is 23.3 Å². The van der Waals surface area contributed by atoms with Crippen molar-refractivity contribution in [2.45, 2.75) is 341 Å². The molecule has 0 bridgehead atoms. The van der Waals surface area contributed by atoms with Gasteiger partial charge in [-0.25, -0.2) is 4.57 Å². The highest BCUT2D eigenvalue weighted by Gasteiger charge is 2.28. The van der Waals surface area contributed by atoms with Crippen LogP contribution in [0.1, 0.15) is 329 Å². The first-order valence-electron chi connectivity index (χ1n) is 31.6. The average molecular weight is 1070 g/mol. The van der Waals surface area contributed by atoms with Crippen molar-refractivity contribution >= 4 is 25.7 Å². The summed E-state index contributed by atoms with van der Waals surface area (Å²) in [5.41, 5.74) is 0. The number of rotatable bonds is 60. The van der Waals surface area contributed by atoms with Gasteiger partial charge in [0.05, 0.1) is 19.8 Å². The number of carbonyl (C=O) groups is 3. The number of allylic oxidation sites excluding steroid dienone is 2. The zero-order valence-electron chi connectivity index (χ0n) is 48.6. The molecule has 2 N–H and O–H groups in total. The molecule has 0 amide bonds. The van der Waals surface area contributed by atoms with Crippen molar-refractivity contribution in [3.8, 4) is 0 Å². The van der Waals surface area contributed by atoms with Gasteiger partial charge in [0.15, 0.2) is 6.10 Å². The third kappa shape index (κ3) is 55.0. The first-order valence-corrected chi connectivity index (χ1v) is 33.1. The van der Waals surface area contributed by atoms with Crippen LogP contribution in [0.3, 0.4) is 0 Å². The molecule has 74 heavy (non-hydrogen) atoms. The summed E-state index contributed by atoms with van der Waals surface area (Å²) in [7, 11) is -4.74. The third-order valence-electron chi connectivity index (χ3n) is 14.2. The normalized spacial score (nSPS) is 13.3. The summed E-state index contributed by atoms with van der Waals surface area (Å²) in [5, 5.41) is 9.82. The molecule has 0 aromatic heterocycles. The minimum absolute atomic E-state index is 0.176. The van der Waals surface area contributed by atoms with E-state index in [1.54, 1.807) is 0 Å². The Kier molecular flexibility index (Phi) is 56.0. The second kappa shape index (κ2) is 57.4. The Morgan fingerprint density at radius 3 is 0.932 bits per heavy atom. The summed E-state index contributed by atoms with van der Waals surface area (Å²) in [5.74, 6) is -1.43. The van der Waals surface area contributed by atoms with Gasteiger partial charge in [0.25, 0.3) is 0 Å². The Bertz CT molecular complexity index is 1290. The van der Waals surface area contributed by atoms with Crippen molar-refractivity contribution < 1.29 is 52.2 Å². The average Bonchev–Trinajstić information content (AvgIpc) is 3.39. The SMILES string of the molecule is CCCCCCCC/C=C\CCCCCCCCCCCC(=O)OCC(COP(=O)(O)OCC(CO)OC(=O)CCCCCCCCCCCCCCC)OC(=O)CCCCCCCCCCCCCCCCC. The number of carbonyl (C=O) groups excluding carboxylic acids is 3. The minimum atomic E-state index is -4.74. The van der Waals surface area contributed by atoms with E-state index in [9.17, 15) is 28.9 Å². The van der Waals surface area contributed by atoms with E-state index in [0.29, 0.717) is 19.3 Å². The molecule has 0 aliphatic rings. The molecule has 0 aromatic rings. The monoisotopic (exact) mass is 1070 g/mol. The molecule has 0 heterocycles. The lowest BCUT2D eigenvalue weighted by molar-refractivity contribution is -0.161. The fourth-order valence-corrected chi connectivity index (χ4v) is 10.1. The lowest BCUT2D eigenvalue weighted by atomic mass is 10.0. The number of ether oxygens (including phenoxy) is 3. The first-order chi connectivity index (χ1) is 36.2. The van der Waals surface area contributed by atoms with Crippen LogP contribution >= 0.6 is 7.82 Å². The van der Waals surface area contributed by atoms with Gasteiger partial charge < -0.3 is 24.2 Å². The molecule has 0 aliphatic carbocycles. The predicted molar refractivity (Wildman–Crippen MR) is 307 cm³/mol. The fourth-order valence-electron chi connectivity index (χ4n) is 9.35. The van der Waals surface area contributed by atoms with E-state index in [2.05, 4.69) is 32.9 Å². The highest BCUT2D eigenvalue weighted by Crippen LogP contribution is 2.43. The van der Waals surface area contributed by atoms with Crippen molar-refractivity contribution in [3.63, 3.8) is 0 Å². The maximum Gasteiger partial charge on any atom is 0.472 e. The lowest BCUT2D eigenvalue weighted by Gasteiger charge is -2.21. The standard InChI is InChI=1S/C62H119O11P/c1-4-7-10-13-16-19-22-25-27-28-29-30-32-34-36-39-42-45-48-51-60(64)69-55-59(73-62(66)53-50-47-44-41-38-35-31-26-23-20-17-14-11-8-5-2)57-71-74(67,68)70-56-58(54-63)72-61(65)52-49-46-43-40-37-33-24-21-18-15-12-9-6-3/h25,27,58-59,63H,4-24,26,28-57H2,1-3H3,(H,67,68)/b27-25-. The van der Waals surface area contributed by atoms with Crippen molar-refractivity contribution in [3.05, 3.63) is 12.2 Å². The van der Waals surface area contributed by atoms with Crippen LogP contribution in [-0.4, -0.2) is 66.5 Å². The van der Waals surface area contributed by atoms with E-state index < -0.39 is 57.8 Å². The largest absolute Gasteiger partial charge is 0.472 e. The Morgan fingerprint density at radius 1 is 0.365 bits per heavy atom. The second-order valence-corrected chi connectivity index (χ2v) is 23.0. The van der Waals surface area contributed by atoms with Gasteiger partial charge in [-0.3, -0.25) is 23.4 Å². The highest BCUT2D eigenvalue weighted by atomic mass is 31.2. The molecular formula is C62H119O11P. The van der Waals surface area contributed by atoms with Crippen molar-refractivity contribution in [1.82, 2.24) is 0 Å². The number of hydrogen-bond donors (Lipinski definition) is 2. The molecule has 3 atom stereocenters. The molecule has 438 valence electrons. The van der Waals surface area contributed by atoms with Crippen molar-refractivity contribution in [2.75, 3.05) is 26.4 Å². The zero-order valence-corrected chi connectivity index (χ0v) is 49.5. The van der Waals surface area contributed by atoms with Gasteiger partial charge in [-0.15, -0.1) is 0 Å². The summed E-state index contributed by atoms with van der Waals surface area (Å²) >= 11 is 0. The maximum atomic E-state index is 12.9. The van der Waals surface area contributed by atoms with E-state index >= 15 is 0 Å². The smallest absolute Gasteiger partial charge is 0.462 e. The summed E-state index contributed by atoms with van der Waals surface area (Å²) in [6, 6.07) is 0. The van der Waals surface area contributed by atoms with Gasteiger partial charge in [0.2, 0.25) is 0 Å². The van der Waals surface area contributed by atoms with Gasteiger partial charge in [0.1, 0.15) is 12.7 Å². The van der Waals surface area contributed by atoms with Crippen LogP contribution in [0.2, 0.25) is 0 Å². The van der Waals surface area contributed by atoms with Crippen molar-refractivity contribution in [1.29, 1.82) is 0 Å². The quantitative estimate of drug-likeness (QED) is 0.0197. The Balaban J connectivity index is 4.64. The molecule has 0 fully saturated rings.